The van der Waals surface area contributed by atoms with E-state index in [0.29, 0.717) is 12.0 Å². The Morgan fingerprint density at radius 3 is 3.24 bits per heavy atom. The number of nitrogens with zero attached hydrogens (tertiary/aromatic N) is 2. The lowest BCUT2D eigenvalue weighted by Gasteiger charge is -2.10. The Balaban J connectivity index is 1.68. The molecule has 3 rings (SSSR count). The van der Waals surface area contributed by atoms with Crippen molar-refractivity contribution in [3.63, 3.8) is 0 Å². The zero-order chi connectivity index (χ0) is 14.7. The predicted molar refractivity (Wildman–Crippen MR) is 89.3 cm³/mol. The molecule has 2 aromatic rings. The van der Waals surface area contributed by atoms with Gasteiger partial charge in [-0.3, -0.25) is 4.40 Å². The van der Waals surface area contributed by atoms with Gasteiger partial charge < -0.3 is 10.1 Å². The first-order valence-corrected chi connectivity index (χ1v) is 9.50. The van der Waals surface area contributed by atoms with Crippen LogP contribution in [0.15, 0.2) is 16.6 Å². The topological polar surface area (TPSA) is 38.6 Å². The Kier molecular flexibility index (Phi) is 5.21. The highest BCUT2D eigenvalue weighted by Crippen LogP contribution is 2.28. The van der Waals surface area contributed by atoms with E-state index < -0.39 is 0 Å². The van der Waals surface area contributed by atoms with E-state index in [4.69, 9.17) is 9.72 Å². The molecule has 0 saturated carbocycles. The van der Waals surface area contributed by atoms with Crippen molar-refractivity contribution in [3.8, 4) is 0 Å². The first-order valence-electron chi connectivity index (χ1n) is 7.63. The molecule has 1 aliphatic rings. The highest BCUT2D eigenvalue weighted by atomic mass is 32.2. The molecule has 116 valence electrons. The van der Waals surface area contributed by atoms with E-state index in [0.717, 1.165) is 35.4 Å². The van der Waals surface area contributed by atoms with E-state index in [1.54, 1.807) is 11.3 Å². The molecule has 1 N–H and O–H groups in total. The summed E-state index contributed by atoms with van der Waals surface area (Å²) in [4.78, 5) is 5.87. The summed E-state index contributed by atoms with van der Waals surface area (Å²) in [5.41, 5.74) is 1.29. The molecule has 0 aromatic carbocycles. The van der Waals surface area contributed by atoms with Gasteiger partial charge in [-0.25, -0.2) is 4.98 Å². The van der Waals surface area contributed by atoms with Crippen LogP contribution < -0.4 is 5.32 Å². The molecule has 4 nitrogen and oxygen atoms in total. The number of fused-ring (bicyclic) bond motifs is 1. The van der Waals surface area contributed by atoms with Gasteiger partial charge in [0, 0.05) is 30.5 Å². The van der Waals surface area contributed by atoms with Crippen LogP contribution in [0, 0.1) is 5.92 Å². The van der Waals surface area contributed by atoms with Gasteiger partial charge in [0.2, 0.25) is 0 Å². The molecule has 1 aliphatic heterocycles. The third-order valence-electron chi connectivity index (χ3n) is 3.60. The molecule has 0 aliphatic carbocycles. The molecule has 1 saturated heterocycles. The molecule has 0 spiro atoms. The summed E-state index contributed by atoms with van der Waals surface area (Å²) in [6.07, 6.45) is 4.92. The van der Waals surface area contributed by atoms with E-state index >= 15 is 0 Å². The van der Waals surface area contributed by atoms with E-state index in [1.807, 2.05) is 11.8 Å². The number of nitrogens with one attached hydrogen (secondary N) is 1. The van der Waals surface area contributed by atoms with Gasteiger partial charge in [0.1, 0.15) is 5.03 Å². The number of ether oxygens (including phenoxy) is 1. The first kappa shape index (κ1) is 15.3. The van der Waals surface area contributed by atoms with Crippen molar-refractivity contribution in [2.24, 2.45) is 5.92 Å². The highest BCUT2D eigenvalue weighted by molar-refractivity contribution is 7.99. The van der Waals surface area contributed by atoms with Crippen LogP contribution in [0.5, 0.6) is 0 Å². The fourth-order valence-electron chi connectivity index (χ4n) is 2.52. The van der Waals surface area contributed by atoms with Crippen LogP contribution in [-0.4, -0.2) is 34.4 Å². The van der Waals surface area contributed by atoms with Crippen LogP contribution >= 0.6 is 23.1 Å². The number of imidazole rings is 1. The van der Waals surface area contributed by atoms with Gasteiger partial charge >= 0.3 is 0 Å². The smallest absolute Gasteiger partial charge is 0.194 e. The molecule has 3 heterocycles. The number of thiazole rings is 1. The minimum absolute atomic E-state index is 0.409. The molecule has 0 radical (unpaired) electrons. The number of thioether (sulfide) groups is 1. The third kappa shape index (κ3) is 3.80. The van der Waals surface area contributed by atoms with Gasteiger partial charge in [0.15, 0.2) is 4.96 Å². The average Bonchev–Trinajstić information content (AvgIpc) is 3.13. The molecule has 0 bridgehead atoms. The van der Waals surface area contributed by atoms with E-state index in [-0.39, 0.29) is 0 Å². The third-order valence-corrected chi connectivity index (χ3v) is 5.49. The Labute approximate surface area is 134 Å². The fraction of sp³-hybridized carbons (Fsp3) is 0.667. The van der Waals surface area contributed by atoms with Crippen molar-refractivity contribution in [1.82, 2.24) is 14.7 Å². The standard InChI is InChI=1S/C15H23N3OS2/c1-11(2)8-16-9-13-14(17-15-18(13)5-7-20-15)21-10-12-4-3-6-19-12/h5,7,11-12,16H,3-4,6,8-10H2,1-2H3. The lowest BCUT2D eigenvalue weighted by molar-refractivity contribution is 0.129. The molecule has 1 atom stereocenters. The van der Waals surface area contributed by atoms with Crippen molar-refractivity contribution in [3.05, 3.63) is 17.3 Å². The summed E-state index contributed by atoms with van der Waals surface area (Å²) < 4.78 is 7.93. The van der Waals surface area contributed by atoms with Gasteiger partial charge in [-0.05, 0) is 25.3 Å². The van der Waals surface area contributed by atoms with Crippen molar-refractivity contribution < 1.29 is 4.74 Å². The SMILES string of the molecule is CC(C)CNCc1c(SCC2CCCO2)nc2sccn12. The van der Waals surface area contributed by atoms with Crippen LogP contribution in [0.2, 0.25) is 0 Å². The Bertz CT molecular complexity index is 572. The highest BCUT2D eigenvalue weighted by Gasteiger charge is 2.19. The van der Waals surface area contributed by atoms with Gasteiger partial charge in [-0.2, -0.15) is 0 Å². The maximum Gasteiger partial charge on any atom is 0.194 e. The summed E-state index contributed by atoms with van der Waals surface area (Å²) in [5, 5.41) is 6.80. The van der Waals surface area contributed by atoms with Crippen LogP contribution in [0.3, 0.4) is 0 Å². The van der Waals surface area contributed by atoms with E-state index in [1.165, 1.54) is 18.5 Å². The number of hydrogen-bond acceptors (Lipinski definition) is 5. The second-order valence-electron chi connectivity index (χ2n) is 5.89. The Hall–Kier alpha value is -0.560. The van der Waals surface area contributed by atoms with Crippen molar-refractivity contribution in [2.45, 2.75) is 44.4 Å². The lowest BCUT2D eigenvalue weighted by Crippen LogP contribution is -2.20. The monoisotopic (exact) mass is 325 g/mol. The zero-order valence-electron chi connectivity index (χ0n) is 12.7. The maximum absolute atomic E-state index is 5.71. The quantitative estimate of drug-likeness (QED) is 0.792. The normalized spacial score (nSPS) is 19.1. The van der Waals surface area contributed by atoms with Crippen LogP contribution in [-0.2, 0) is 11.3 Å². The summed E-state index contributed by atoms with van der Waals surface area (Å²) in [6.45, 7) is 7.30. The van der Waals surface area contributed by atoms with Gasteiger partial charge in [-0.15, -0.1) is 23.1 Å². The number of rotatable bonds is 7. The van der Waals surface area contributed by atoms with E-state index in [9.17, 15) is 0 Å². The number of hydrogen-bond donors (Lipinski definition) is 1. The van der Waals surface area contributed by atoms with E-state index in [2.05, 4.69) is 35.1 Å². The van der Waals surface area contributed by atoms with Gasteiger partial charge in [0.05, 0.1) is 11.8 Å². The molecule has 21 heavy (non-hydrogen) atoms. The number of aromatic nitrogens is 2. The predicted octanol–water partition coefficient (Wildman–Crippen LogP) is 3.41. The van der Waals surface area contributed by atoms with Crippen molar-refractivity contribution >= 4 is 28.1 Å². The minimum Gasteiger partial charge on any atom is -0.377 e. The lowest BCUT2D eigenvalue weighted by atomic mass is 10.2. The fourth-order valence-corrected chi connectivity index (χ4v) is 4.40. The average molecular weight is 326 g/mol. The maximum atomic E-state index is 5.71. The molecule has 0 amide bonds. The van der Waals surface area contributed by atoms with Crippen molar-refractivity contribution in [1.29, 1.82) is 0 Å². The molecule has 1 fully saturated rings. The minimum atomic E-state index is 0.409. The molecular weight excluding hydrogens is 302 g/mol. The van der Waals surface area contributed by atoms with Gasteiger partial charge in [0.25, 0.3) is 0 Å². The van der Waals surface area contributed by atoms with Crippen LogP contribution in [0.4, 0.5) is 0 Å². The Morgan fingerprint density at radius 2 is 2.48 bits per heavy atom. The molecule has 2 aromatic heterocycles. The molecule has 6 heteroatoms. The Morgan fingerprint density at radius 1 is 1.57 bits per heavy atom. The molecule has 1 unspecified atom stereocenters. The van der Waals surface area contributed by atoms with Gasteiger partial charge in [-0.1, -0.05) is 13.8 Å². The van der Waals surface area contributed by atoms with Crippen LogP contribution in [0.25, 0.3) is 4.96 Å². The first-order chi connectivity index (χ1) is 10.2. The summed E-state index contributed by atoms with van der Waals surface area (Å²) >= 11 is 3.54. The molecular formula is C15H23N3OS2. The second kappa shape index (κ2) is 7.13. The largest absolute Gasteiger partial charge is 0.377 e. The summed E-state index contributed by atoms with van der Waals surface area (Å²) in [5.74, 6) is 1.68. The van der Waals surface area contributed by atoms with Crippen molar-refractivity contribution in [2.75, 3.05) is 18.9 Å². The van der Waals surface area contributed by atoms with Crippen LogP contribution in [0.1, 0.15) is 32.4 Å². The zero-order valence-corrected chi connectivity index (χ0v) is 14.3. The summed E-state index contributed by atoms with van der Waals surface area (Å²) in [6, 6.07) is 0. The summed E-state index contributed by atoms with van der Waals surface area (Å²) in [7, 11) is 0. The second-order valence-corrected chi connectivity index (χ2v) is 7.77.